The van der Waals surface area contributed by atoms with Crippen LogP contribution < -0.4 is 0 Å². The van der Waals surface area contributed by atoms with Crippen molar-refractivity contribution in [3.8, 4) is 0 Å². The first-order valence-corrected chi connectivity index (χ1v) is 7.84. The molecule has 0 aromatic carbocycles. The van der Waals surface area contributed by atoms with Gasteiger partial charge >= 0.3 is 0 Å². The second-order valence-corrected chi connectivity index (χ2v) is 6.39. The third-order valence-electron chi connectivity index (χ3n) is 4.03. The van der Waals surface area contributed by atoms with Crippen molar-refractivity contribution in [1.82, 2.24) is 25.1 Å². The highest BCUT2D eigenvalue weighted by Crippen LogP contribution is 2.37. The van der Waals surface area contributed by atoms with E-state index in [0.717, 1.165) is 18.9 Å². The molecule has 0 unspecified atom stereocenters. The lowest BCUT2D eigenvalue weighted by molar-refractivity contribution is 0.240. The van der Waals surface area contributed by atoms with Gasteiger partial charge in [0.1, 0.15) is 0 Å². The van der Waals surface area contributed by atoms with E-state index in [4.69, 9.17) is 0 Å². The predicted molar refractivity (Wildman–Crippen MR) is 72.8 cm³/mol. The molecule has 3 heterocycles. The fraction of sp³-hybridized carbons (Fsp3) is 0.615. The van der Waals surface area contributed by atoms with E-state index in [9.17, 15) is 0 Å². The van der Waals surface area contributed by atoms with E-state index in [-0.39, 0.29) is 0 Å². The summed E-state index contributed by atoms with van der Waals surface area (Å²) in [6, 6.07) is 5.51. The van der Waals surface area contributed by atoms with E-state index < -0.39 is 0 Å². The van der Waals surface area contributed by atoms with Crippen LogP contribution in [-0.2, 0) is 6.54 Å². The Hall–Kier alpha value is -1.27. The molecule has 1 saturated carbocycles. The molecular weight excluding hydrogens is 258 g/mol. The Morgan fingerprint density at radius 2 is 2.26 bits per heavy atom. The average Bonchev–Trinajstić information content (AvgIpc) is 2.90. The predicted octanol–water partition coefficient (Wildman–Crippen LogP) is 2.41. The maximum atomic E-state index is 4.22. The number of hydrogen-bond acceptors (Lipinski definition) is 5. The van der Waals surface area contributed by atoms with Gasteiger partial charge in [0.15, 0.2) is 5.82 Å². The molecule has 2 fully saturated rings. The number of nitrogens with zero attached hydrogens (tertiary/aromatic N) is 5. The van der Waals surface area contributed by atoms with Crippen LogP contribution in [0.1, 0.15) is 48.5 Å². The number of aromatic nitrogens is 4. The number of tetrazole rings is 1. The highest BCUT2D eigenvalue weighted by atomic mass is 32.1. The van der Waals surface area contributed by atoms with Gasteiger partial charge in [-0.25, -0.2) is 4.68 Å². The summed E-state index contributed by atoms with van der Waals surface area (Å²) in [5.74, 6) is 1.03. The van der Waals surface area contributed by atoms with Crippen molar-refractivity contribution in [2.75, 3.05) is 6.54 Å². The molecule has 5 nitrogen and oxygen atoms in total. The summed E-state index contributed by atoms with van der Waals surface area (Å²) in [6.45, 7) is 2.03. The van der Waals surface area contributed by atoms with Gasteiger partial charge in [-0.3, -0.25) is 4.90 Å². The highest BCUT2D eigenvalue weighted by molar-refractivity contribution is 7.10. The van der Waals surface area contributed by atoms with Gasteiger partial charge in [-0.1, -0.05) is 6.07 Å². The van der Waals surface area contributed by atoms with Crippen molar-refractivity contribution in [3.05, 3.63) is 28.2 Å². The van der Waals surface area contributed by atoms with E-state index in [2.05, 4.69) is 37.9 Å². The Morgan fingerprint density at radius 1 is 1.32 bits per heavy atom. The topological polar surface area (TPSA) is 46.8 Å². The zero-order valence-corrected chi connectivity index (χ0v) is 11.6. The van der Waals surface area contributed by atoms with Crippen LogP contribution in [0.4, 0.5) is 0 Å². The highest BCUT2D eigenvalue weighted by Gasteiger charge is 2.31. The summed E-state index contributed by atoms with van der Waals surface area (Å²) in [5.41, 5.74) is 0. The maximum absolute atomic E-state index is 4.22. The second-order valence-electron chi connectivity index (χ2n) is 5.41. The Bertz CT molecular complexity index is 545. The molecule has 0 bridgehead atoms. The van der Waals surface area contributed by atoms with Gasteiger partial charge in [-0.15, -0.1) is 16.4 Å². The number of hydrogen-bond donors (Lipinski definition) is 0. The first-order valence-electron chi connectivity index (χ1n) is 6.96. The molecule has 1 atom stereocenters. The molecule has 1 saturated heterocycles. The number of rotatable bonds is 4. The van der Waals surface area contributed by atoms with Gasteiger partial charge < -0.3 is 0 Å². The molecule has 4 rings (SSSR count). The van der Waals surface area contributed by atoms with Gasteiger partial charge in [0.05, 0.1) is 12.6 Å². The molecule has 6 heteroatoms. The van der Waals surface area contributed by atoms with Crippen molar-refractivity contribution < 1.29 is 0 Å². The molecule has 2 aliphatic rings. The molecule has 100 valence electrons. The minimum atomic E-state index is 0.560. The first-order chi connectivity index (χ1) is 9.42. The molecule has 0 amide bonds. The van der Waals surface area contributed by atoms with Gasteiger partial charge in [0.2, 0.25) is 0 Å². The molecular formula is C13H17N5S. The van der Waals surface area contributed by atoms with Gasteiger partial charge in [0, 0.05) is 10.9 Å². The SMILES string of the molecule is c1csc([C@H]2CCCN2Cc2nnnn2C2CC2)c1. The lowest BCUT2D eigenvalue weighted by atomic mass is 10.2. The number of thiophene rings is 1. The Morgan fingerprint density at radius 3 is 3.05 bits per heavy atom. The lowest BCUT2D eigenvalue weighted by Crippen LogP contribution is -2.24. The molecule has 2 aromatic heterocycles. The summed E-state index contributed by atoms with van der Waals surface area (Å²) in [6.07, 6.45) is 4.98. The summed E-state index contributed by atoms with van der Waals surface area (Å²) in [4.78, 5) is 4.00. The second kappa shape index (κ2) is 4.68. The van der Waals surface area contributed by atoms with E-state index >= 15 is 0 Å². The third-order valence-corrected chi connectivity index (χ3v) is 5.01. The quantitative estimate of drug-likeness (QED) is 0.859. The van der Waals surface area contributed by atoms with Crippen LogP contribution in [0, 0.1) is 0 Å². The zero-order chi connectivity index (χ0) is 12.7. The van der Waals surface area contributed by atoms with E-state index in [1.807, 2.05) is 16.0 Å². The molecule has 2 aromatic rings. The number of likely N-dealkylation sites (tertiary alicyclic amines) is 1. The van der Waals surface area contributed by atoms with Gasteiger partial charge in [0.25, 0.3) is 0 Å². The standard InChI is InChI=1S/C13H17N5S/c1-3-11(12-4-2-8-19-12)17(7-1)9-13-14-15-16-18(13)10-5-6-10/h2,4,8,10-11H,1,3,5-7,9H2/t11-/m1/s1. The molecule has 0 N–H and O–H groups in total. The van der Waals surface area contributed by atoms with E-state index in [1.54, 1.807) is 0 Å². The molecule has 1 aliphatic carbocycles. The first kappa shape index (κ1) is 11.5. The van der Waals surface area contributed by atoms with Crippen molar-refractivity contribution in [2.45, 2.75) is 44.3 Å². The fourth-order valence-electron chi connectivity index (χ4n) is 2.92. The Kier molecular flexibility index (Phi) is 2.85. The van der Waals surface area contributed by atoms with Crippen molar-refractivity contribution in [2.24, 2.45) is 0 Å². The summed E-state index contributed by atoms with van der Waals surface area (Å²) >= 11 is 1.86. The average molecular weight is 275 g/mol. The normalized spacial score (nSPS) is 24.1. The van der Waals surface area contributed by atoms with Crippen LogP contribution in [-0.4, -0.2) is 31.7 Å². The minimum absolute atomic E-state index is 0.560. The van der Waals surface area contributed by atoms with Gasteiger partial charge in [-0.2, -0.15) is 0 Å². The van der Waals surface area contributed by atoms with Crippen LogP contribution in [0.25, 0.3) is 0 Å². The third kappa shape index (κ3) is 2.19. The van der Waals surface area contributed by atoms with Gasteiger partial charge in [-0.05, 0) is 54.1 Å². The largest absolute Gasteiger partial charge is 0.288 e. The fourth-order valence-corrected chi connectivity index (χ4v) is 3.81. The smallest absolute Gasteiger partial charge is 0.165 e. The molecule has 0 spiro atoms. The maximum Gasteiger partial charge on any atom is 0.165 e. The minimum Gasteiger partial charge on any atom is -0.288 e. The van der Waals surface area contributed by atoms with Crippen molar-refractivity contribution in [1.29, 1.82) is 0 Å². The van der Waals surface area contributed by atoms with Crippen LogP contribution in [0.15, 0.2) is 17.5 Å². The van der Waals surface area contributed by atoms with E-state index in [0.29, 0.717) is 12.1 Å². The van der Waals surface area contributed by atoms with E-state index in [1.165, 1.54) is 30.6 Å². The summed E-state index contributed by atoms with van der Waals surface area (Å²) in [5, 5.41) is 14.4. The molecule has 0 radical (unpaired) electrons. The Labute approximate surface area is 116 Å². The Balaban J connectivity index is 1.53. The summed E-state index contributed by atoms with van der Waals surface area (Å²) < 4.78 is 2.03. The van der Waals surface area contributed by atoms with Crippen LogP contribution in [0.3, 0.4) is 0 Å². The van der Waals surface area contributed by atoms with Crippen molar-refractivity contribution in [3.63, 3.8) is 0 Å². The van der Waals surface area contributed by atoms with Crippen LogP contribution >= 0.6 is 11.3 Å². The van der Waals surface area contributed by atoms with Crippen molar-refractivity contribution >= 4 is 11.3 Å². The molecule has 1 aliphatic heterocycles. The summed E-state index contributed by atoms with van der Waals surface area (Å²) in [7, 11) is 0. The van der Waals surface area contributed by atoms with Crippen LogP contribution in [0.2, 0.25) is 0 Å². The van der Waals surface area contributed by atoms with Crippen LogP contribution in [0.5, 0.6) is 0 Å². The lowest BCUT2D eigenvalue weighted by Gasteiger charge is -2.22. The monoisotopic (exact) mass is 275 g/mol. The zero-order valence-electron chi connectivity index (χ0n) is 10.8. The molecule has 19 heavy (non-hydrogen) atoms.